The maximum Gasteiger partial charge on any atom is 0.387 e. The molecule has 5 heteroatoms. The number of ether oxygens (including phenoxy) is 1. The Morgan fingerprint density at radius 2 is 2.07 bits per heavy atom. The zero-order valence-electron chi connectivity index (χ0n) is 7.65. The molecule has 0 aliphatic rings. The summed E-state index contributed by atoms with van der Waals surface area (Å²) in [5, 5.41) is 0. The molecule has 1 aromatic rings. The monoisotopic (exact) mass is 214 g/mol. The van der Waals surface area contributed by atoms with E-state index in [1.807, 2.05) is 0 Å². The van der Waals surface area contributed by atoms with E-state index in [4.69, 9.17) is 0 Å². The van der Waals surface area contributed by atoms with Crippen molar-refractivity contribution in [3.05, 3.63) is 29.8 Å². The van der Waals surface area contributed by atoms with Gasteiger partial charge in [-0.2, -0.15) is 8.78 Å². The molecule has 0 aliphatic heterocycles. The summed E-state index contributed by atoms with van der Waals surface area (Å²) in [4.78, 5) is 20.9. The maximum absolute atomic E-state index is 11.9. The van der Waals surface area contributed by atoms with Crippen LogP contribution >= 0.6 is 0 Å². The Labute approximate surface area is 84.7 Å². The van der Waals surface area contributed by atoms with Crippen molar-refractivity contribution in [1.82, 2.24) is 0 Å². The lowest BCUT2D eigenvalue weighted by atomic mass is 10.1. The van der Waals surface area contributed by atoms with Crippen molar-refractivity contribution in [1.29, 1.82) is 0 Å². The van der Waals surface area contributed by atoms with Gasteiger partial charge in [-0.3, -0.25) is 9.59 Å². The van der Waals surface area contributed by atoms with Crippen molar-refractivity contribution in [3.8, 4) is 5.75 Å². The third kappa shape index (κ3) is 3.46. The summed E-state index contributed by atoms with van der Waals surface area (Å²) >= 11 is 0. The summed E-state index contributed by atoms with van der Waals surface area (Å²) in [5.74, 6) is -0.761. The fourth-order valence-corrected chi connectivity index (χ4v) is 1.09. The fraction of sp³-hybridized carbons (Fsp3) is 0.200. The summed E-state index contributed by atoms with van der Waals surface area (Å²) in [7, 11) is 0. The van der Waals surface area contributed by atoms with Crippen LogP contribution in [0.15, 0.2) is 24.3 Å². The van der Waals surface area contributed by atoms with Gasteiger partial charge in [0.25, 0.3) is 0 Å². The molecular weight excluding hydrogens is 206 g/mol. The lowest BCUT2D eigenvalue weighted by molar-refractivity contribution is -0.129. The van der Waals surface area contributed by atoms with Crippen molar-refractivity contribution in [3.63, 3.8) is 0 Å². The summed E-state index contributed by atoms with van der Waals surface area (Å²) in [5.41, 5.74) is 0.273. The number of Topliss-reactive ketones (excluding diaryl/α,β-unsaturated/α-hetero) is 1. The first-order valence-electron chi connectivity index (χ1n) is 4.14. The van der Waals surface area contributed by atoms with Crippen LogP contribution in [0.5, 0.6) is 5.75 Å². The number of benzene rings is 1. The quantitative estimate of drug-likeness (QED) is 0.552. The van der Waals surface area contributed by atoms with Gasteiger partial charge < -0.3 is 4.74 Å². The van der Waals surface area contributed by atoms with E-state index in [9.17, 15) is 18.4 Å². The molecule has 0 bridgehead atoms. The zero-order chi connectivity index (χ0) is 11.3. The Hall–Kier alpha value is -1.78. The number of halogens is 2. The molecule has 0 fully saturated rings. The highest BCUT2D eigenvalue weighted by Crippen LogP contribution is 2.20. The molecule has 0 radical (unpaired) electrons. The van der Waals surface area contributed by atoms with Gasteiger partial charge in [0.05, 0.1) is 0 Å². The molecule has 0 atom stereocenters. The summed E-state index contributed by atoms with van der Waals surface area (Å²) < 4.78 is 28.1. The minimum atomic E-state index is -2.95. The third-order valence-corrected chi connectivity index (χ3v) is 1.68. The van der Waals surface area contributed by atoms with Gasteiger partial charge in [-0.15, -0.1) is 0 Å². The topological polar surface area (TPSA) is 43.4 Å². The predicted molar refractivity (Wildman–Crippen MR) is 47.8 cm³/mol. The smallest absolute Gasteiger partial charge is 0.387 e. The van der Waals surface area contributed by atoms with Gasteiger partial charge in [-0.05, 0) is 6.07 Å². The number of rotatable bonds is 5. The second-order valence-corrected chi connectivity index (χ2v) is 2.75. The van der Waals surface area contributed by atoms with Crippen LogP contribution in [-0.4, -0.2) is 18.7 Å². The summed E-state index contributed by atoms with van der Waals surface area (Å²) in [6.45, 7) is -2.95. The normalized spacial score (nSPS) is 10.1. The van der Waals surface area contributed by atoms with Gasteiger partial charge in [-0.25, -0.2) is 0 Å². The highest BCUT2D eigenvalue weighted by atomic mass is 19.3. The average Bonchev–Trinajstić information content (AvgIpc) is 2.20. The van der Waals surface area contributed by atoms with Crippen molar-refractivity contribution >= 4 is 12.1 Å². The van der Waals surface area contributed by atoms with Crippen molar-refractivity contribution in [2.75, 3.05) is 0 Å². The van der Waals surface area contributed by atoms with Crippen molar-refractivity contribution < 1.29 is 23.1 Å². The molecule has 0 spiro atoms. The van der Waals surface area contributed by atoms with Gasteiger partial charge in [0.2, 0.25) is 0 Å². The second kappa shape index (κ2) is 5.19. The maximum atomic E-state index is 11.9. The number of hydrogen-bond donors (Lipinski definition) is 0. The molecular formula is C10H8F2O3. The zero-order valence-corrected chi connectivity index (χ0v) is 7.65. The van der Waals surface area contributed by atoms with E-state index in [1.54, 1.807) is 6.07 Å². The number of ketones is 1. The second-order valence-electron chi connectivity index (χ2n) is 2.75. The number of alkyl halides is 2. The Morgan fingerprint density at radius 1 is 1.40 bits per heavy atom. The number of para-hydroxylation sites is 1. The van der Waals surface area contributed by atoms with Gasteiger partial charge in [-0.1, -0.05) is 18.2 Å². The minimum Gasteiger partial charge on any atom is -0.435 e. The Balaban J connectivity index is 2.85. The molecule has 0 amide bonds. The molecule has 0 aromatic heterocycles. The van der Waals surface area contributed by atoms with Gasteiger partial charge in [0, 0.05) is 12.0 Å². The predicted octanol–water partition coefficient (Wildman–Crippen LogP) is 1.60. The van der Waals surface area contributed by atoms with E-state index < -0.39 is 12.4 Å². The van der Waals surface area contributed by atoms with E-state index in [1.165, 1.54) is 18.2 Å². The van der Waals surface area contributed by atoms with Gasteiger partial charge >= 0.3 is 6.61 Å². The van der Waals surface area contributed by atoms with Crippen molar-refractivity contribution in [2.24, 2.45) is 0 Å². The highest BCUT2D eigenvalue weighted by molar-refractivity contribution is 6.25. The number of aldehydes is 1. The van der Waals surface area contributed by atoms with E-state index in [-0.39, 0.29) is 24.0 Å². The van der Waals surface area contributed by atoms with E-state index >= 15 is 0 Å². The first-order valence-corrected chi connectivity index (χ1v) is 4.14. The van der Waals surface area contributed by atoms with Crippen LogP contribution in [-0.2, 0) is 16.0 Å². The van der Waals surface area contributed by atoms with Crippen LogP contribution < -0.4 is 4.74 Å². The lowest BCUT2D eigenvalue weighted by Gasteiger charge is -2.08. The molecule has 1 aromatic carbocycles. The first-order chi connectivity index (χ1) is 7.13. The number of carbonyl (C=O) groups excluding carboxylic acids is 2. The van der Waals surface area contributed by atoms with Gasteiger partial charge in [0.1, 0.15) is 5.75 Å². The average molecular weight is 214 g/mol. The fourth-order valence-electron chi connectivity index (χ4n) is 1.09. The Bertz CT molecular complexity index is 363. The first kappa shape index (κ1) is 11.3. The molecule has 0 saturated carbocycles. The number of carbonyl (C=O) groups is 2. The van der Waals surface area contributed by atoms with E-state index in [0.29, 0.717) is 0 Å². The molecule has 80 valence electrons. The lowest BCUT2D eigenvalue weighted by Crippen LogP contribution is -2.08. The minimum absolute atomic E-state index is 0.0808. The molecule has 0 unspecified atom stereocenters. The highest BCUT2D eigenvalue weighted by Gasteiger charge is 2.11. The van der Waals surface area contributed by atoms with E-state index in [0.717, 1.165) is 0 Å². The largest absolute Gasteiger partial charge is 0.435 e. The van der Waals surface area contributed by atoms with Crippen LogP contribution in [0, 0.1) is 0 Å². The van der Waals surface area contributed by atoms with Crippen LogP contribution in [0.25, 0.3) is 0 Å². The summed E-state index contributed by atoms with van der Waals surface area (Å²) in [6.07, 6.45) is -0.0778. The van der Waals surface area contributed by atoms with Crippen LogP contribution in [0.2, 0.25) is 0 Å². The molecule has 1 rings (SSSR count). The SMILES string of the molecule is O=CC(=O)Cc1ccccc1OC(F)F. The van der Waals surface area contributed by atoms with Gasteiger partial charge in [0.15, 0.2) is 12.1 Å². The Kier molecular flexibility index (Phi) is 3.91. The molecule has 15 heavy (non-hydrogen) atoms. The molecule has 0 saturated heterocycles. The molecule has 3 nitrogen and oxygen atoms in total. The standard InChI is InChI=1S/C10H8F2O3/c11-10(12)15-9-4-2-1-3-7(9)5-8(14)6-13/h1-4,6,10H,5H2. The van der Waals surface area contributed by atoms with Crippen LogP contribution in [0.4, 0.5) is 8.78 Å². The third-order valence-electron chi connectivity index (χ3n) is 1.68. The van der Waals surface area contributed by atoms with Crippen LogP contribution in [0.3, 0.4) is 0 Å². The van der Waals surface area contributed by atoms with Crippen molar-refractivity contribution in [2.45, 2.75) is 13.0 Å². The van der Waals surface area contributed by atoms with Crippen LogP contribution in [0.1, 0.15) is 5.56 Å². The van der Waals surface area contributed by atoms with E-state index in [2.05, 4.69) is 4.74 Å². The Morgan fingerprint density at radius 3 is 2.67 bits per heavy atom. The molecule has 0 heterocycles. The molecule has 0 N–H and O–H groups in total. The summed E-state index contributed by atoms with van der Waals surface area (Å²) in [6, 6.07) is 5.86. The number of hydrogen-bond acceptors (Lipinski definition) is 3. The molecule has 0 aliphatic carbocycles.